The first-order chi connectivity index (χ1) is 20.5. The minimum atomic E-state index is -1.08. The number of fused-ring (bicyclic) bond motifs is 1. The first-order valence-electron chi connectivity index (χ1n) is 14.9. The highest BCUT2D eigenvalue weighted by molar-refractivity contribution is 7.15. The summed E-state index contributed by atoms with van der Waals surface area (Å²) in [5.41, 5.74) is -1.07. The van der Waals surface area contributed by atoms with E-state index in [0.29, 0.717) is 19.4 Å². The average Bonchev–Trinajstić information content (AvgIpc) is 3.26. The number of Topliss-reactive ketones (excluding diaryl/α,β-unsaturated/α-hetero) is 1. The number of carbonyl (C=O) groups is 5. The summed E-state index contributed by atoms with van der Waals surface area (Å²) >= 11 is 0. The molecule has 1 aliphatic heterocycles. The van der Waals surface area contributed by atoms with Crippen molar-refractivity contribution in [3.8, 4) is 5.75 Å². The highest BCUT2D eigenvalue weighted by Crippen LogP contribution is 2.57. The lowest BCUT2D eigenvalue weighted by molar-refractivity contribution is -0.384. The minimum absolute atomic E-state index is 0.0333. The van der Waals surface area contributed by atoms with Crippen LogP contribution in [-0.2, 0) is 19.2 Å². The number of nitrogens with zero attached hydrogens (tertiary/aromatic N) is 2. The fourth-order valence-corrected chi connectivity index (χ4v) is 6.78. The zero-order valence-electron chi connectivity index (χ0n) is 25.8. The number of likely N-dealkylation sites (tertiary alicyclic amines) is 1. The molecule has 3 aliphatic rings. The molecule has 0 radical (unpaired) electrons. The summed E-state index contributed by atoms with van der Waals surface area (Å²) in [7, 11) is 2.01. The van der Waals surface area contributed by atoms with E-state index in [1.807, 2.05) is 9.39 Å². The molecule has 4 amide bonds. The maximum atomic E-state index is 14.2. The monoisotopic (exact) mass is 631 g/mol. The van der Waals surface area contributed by atoms with Crippen LogP contribution in [-0.4, -0.2) is 64.1 Å². The van der Waals surface area contributed by atoms with Crippen molar-refractivity contribution in [1.29, 1.82) is 0 Å². The number of ether oxygens (including phenoxy) is 1. The van der Waals surface area contributed by atoms with Gasteiger partial charge in [0.2, 0.25) is 17.6 Å². The van der Waals surface area contributed by atoms with E-state index in [9.17, 15) is 34.1 Å². The van der Waals surface area contributed by atoms with E-state index >= 15 is 0 Å². The topological polar surface area (TPSA) is 177 Å². The van der Waals surface area contributed by atoms with E-state index in [4.69, 9.17) is 4.74 Å². The molecule has 2 saturated carbocycles. The van der Waals surface area contributed by atoms with Crippen LogP contribution in [0.4, 0.5) is 10.5 Å². The predicted octanol–water partition coefficient (Wildman–Crippen LogP) is 3.12. The summed E-state index contributed by atoms with van der Waals surface area (Å²) in [6.45, 7) is 9.81. The fourth-order valence-electron chi connectivity index (χ4n) is 6.64. The van der Waals surface area contributed by atoms with Gasteiger partial charge in [-0.25, -0.2) is 4.79 Å². The van der Waals surface area contributed by atoms with Crippen molar-refractivity contribution in [2.75, 3.05) is 6.54 Å². The van der Waals surface area contributed by atoms with Gasteiger partial charge < -0.3 is 25.4 Å². The SMILES string of the molecule is CC1(C)C[C@H]2C1CN(C(=O)[C@@H](NC(=O)Oc1ccc([N+](=O)[O-])cc1)C(C)(C)C)[C@@H]2C(=O)NC(CC1CCC1)C(=O)C(=O)NP. The van der Waals surface area contributed by atoms with Crippen LogP contribution in [0.25, 0.3) is 0 Å². The number of hydrogen-bond donors (Lipinski definition) is 3. The van der Waals surface area contributed by atoms with Crippen LogP contribution in [0.2, 0.25) is 0 Å². The number of benzene rings is 1. The van der Waals surface area contributed by atoms with E-state index in [1.54, 1.807) is 20.8 Å². The van der Waals surface area contributed by atoms with Gasteiger partial charge in [0.05, 0.1) is 11.0 Å². The zero-order chi connectivity index (χ0) is 32.6. The van der Waals surface area contributed by atoms with Crippen LogP contribution in [0.1, 0.15) is 66.7 Å². The van der Waals surface area contributed by atoms with Gasteiger partial charge in [0, 0.05) is 18.7 Å². The van der Waals surface area contributed by atoms with Crippen molar-refractivity contribution in [2.24, 2.45) is 28.6 Å². The van der Waals surface area contributed by atoms with Gasteiger partial charge >= 0.3 is 6.09 Å². The van der Waals surface area contributed by atoms with Crippen LogP contribution >= 0.6 is 9.39 Å². The van der Waals surface area contributed by atoms with Crippen LogP contribution < -0.4 is 20.5 Å². The Morgan fingerprint density at radius 3 is 2.25 bits per heavy atom. The van der Waals surface area contributed by atoms with Crippen LogP contribution in [0.5, 0.6) is 5.75 Å². The Labute approximate surface area is 259 Å². The lowest BCUT2D eigenvalue weighted by Crippen LogP contribution is -2.60. The number of ketones is 1. The lowest BCUT2D eigenvalue weighted by Gasteiger charge is -2.48. The second-order valence-corrected chi connectivity index (χ2v) is 14.2. The van der Waals surface area contributed by atoms with Crippen LogP contribution in [0.3, 0.4) is 0 Å². The van der Waals surface area contributed by atoms with Gasteiger partial charge in [-0.05, 0) is 62.9 Å². The Balaban J connectivity index is 1.55. The molecule has 3 N–H and O–H groups in total. The number of nitro benzene ring substituents is 1. The molecule has 0 bridgehead atoms. The number of nitrogens with one attached hydrogen (secondary N) is 3. The first-order valence-corrected chi connectivity index (χ1v) is 15.5. The summed E-state index contributed by atoms with van der Waals surface area (Å²) in [6, 6.07) is 1.99. The third-order valence-electron chi connectivity index (χ3n) is 9.38. The molecule has 2 aliphatic carbocycles. The molecule has 44 heavy (non-hydrogen) atoms. The highest BCUT2D eigenvalue weighted by Gasteiger charge is 2.61. The van der Waals surface area contributed by atoms with Crippen LogP contribution in [0.15, 0.2) is 24.3 Å². The van der Waals surface area contributed by atoms with Crippen molar-refractivity contribution < 1.29 is 33.6 Å². The standard InChI is InChI=1S/C30H42N5O8P/c1-29(2,3)24(32-28(40)43-18-11-9-17(10-12-18)35(41)42)27(39)34-15-20-19(14-30(20,4)5)22(34)25(37)31-21(13-16-7-6-8-16)23(36)26(38)33-44/h9-12,16,19-22,24H,6-8,13-15,44H2,1-5H3,(H,31,37)(H,32,40)(H,33,38)/t19-,20?,21?,22-,24+/m0/s1. The predicted molar refractivity (Wildman–Crippen MR) is 163 cm³/mol. The van der Waals surface area contributed by atoms with Crippen molar-refractivity contribution >= 4 is 44.7 Å². The van der Waals surface area contributed by atoms with Gasteiger partial charge in [-0.3, -0.25) is 29.3 Å². The maximum absolute atomic E-state index is 14.2. The molecule has 4 rings (SSSR count). The molecule has 1 heterocycles. The Bertz CT molecular complexity index is 1320. The average molecular weight is 632 g/mol. The lowest BCUT2D eigenvalue weighted by atomic mass is 9.55. The van der Waals surface area contributed by atoms with E-state index in [-0.39, 0.29) is 34.6 Å². The third kappa shape index (κ3) is 7.03. The van der Waals surface area contributed by atoms with Crippen LogP contribution in [0, 0.1) is 38.7 Å². The Morgan fingerprint density at radius 1 is 1.11 bits per heavy atom. The number of non-ortho nitro benzene ring substituents is 1. The third-order valence-corrected chi connectivity index (χ3v) is 9.65. The van der Waals surface area contributed by atoms with E-state index < -0.39 is 58.1 Å². The maximum Gasteiger partial charge on any atom is 0.413 e. The molecule has 1 aromatic carbocycles. The molecule has 1 saturated heterocycles. The molecule has 3 fully saturated rings. The zero-order valence-corrected chi connectivity index (χ0v) is 26.9. The van der Waals surface area contributed by atoms with Crippen molar-refractivity contribution in [3.63, 3.8) is 0 Å². The number of amides is 4. The highest BCUT2D eigenvalue weighted by atomic mass is 31.0. The summed E-state index contributed by atoms with van der Waals surface area (Å²) in [5, 5.41) is 18.7. The molecule has 240 valence electrons. The number of carbonyl (C=O) groups excluding carboxylic acids is 5. The number of hydrogen-bond acceptors (Lipinski definition) is 8. The largest absolute Gasteiger partial charge is 0.413 e. The molecule has 13 nitrogen and oxygen atoms in total. The van der Waals surface area contributed by atoms with Gasteiger partial charge in [0.15, 0.2) is 0 Å². The molecule has 1 aromatic rings. The van der Waals surface area contributed by atoms with E-state index in [2.05, 4.69) is 29.6 Å². The molecule has 14 heteroatoms. The van der Waals surface area contributed by atoms with Gasteiger partial charge in [0.25, 0.3) is 11.6 Å². The second-order valence-electron chi connectivity index (χ2n) is 13.9. The quantitative estimate of drug-likeness (QED) is 0.153. The molecule has 3 unspecified atom stereocenters. The fraction of sp³-hybridized carbons (Fsp3) is 0.633. The van der Waals surface area contributed by atoms with Gasteiger partial charge in [-0.15, -0.1) is 0 Å². The minimum Gasteiger partial charge on any atom is -0.410 e. The number of rotatable bonds is 10. The second kappa shape index (κ2) is 12.8. The molecule has 0 spiro atoms. The van der Waals surface area contributed by atoms with Crippen molar-refractivity contribution in [2.45, 2.75) is 84.8 Å². The first kappa shape index (κ1) is 33.3. The summed E-state index contributed by atoms with van der Waals surface area (Å²) in [4.78, 5) is 78.1. The molecular formula is C30H42N5O8P. The molecular weight excluding hydrogens is 589 g/mol. The van der Waals surface area contributed by atoms with Gasteiger partial charge in [0.1, 0.15) is 17.8 Å². The van der Waals surface area contributed by atoms with E-state index in [1.165, 1.54) is 29.2 Å². The van der Waals surface area contributed by atoms with Gasteiger partial charge in [-0.2, -0.15) is 0 Å². The normalized spacial score (nSPS) is 23.6. The van der Waals surface area contributed by atoms with Crippen molar-refractivity contribution in [1.82, 2.24) is 20.6 Å². The Morgan fingerprint density at radius 2 is 1.75 bits per heavy atom. The Kier molecular flexibility index (Phi) is 9.68. The smallest absolute Gasteiger partial charge is 0.410 e. The Hall–Kier alpha value is -3.60. The van der Waals surface area contributed by atoms with Gasteiger partial charge in [-0.1, -0.05) is 53.9 Å². The number of nitro groups is 1. The molecule has 0 aromatic heterocycles. The summed E-state index contributed by atoms with van der Waals surface area (Å²) < 4.78 is 5.31. The van der Waals surface area contributed by atoms with E-state index in [0.717, 1.165) is 19.3 Å². The molecule has 6 atom stereocenters. The summed E-state index contributed by atoms with van der Waals surface area (Å²) in [6.07, 6.45) is 3.00. The summed E-state index contributed by atoms with van der Waals surface area (Å²) in [5.74, 6) is -2.32. The van der Waals surface area contributed by atoms with Crippen molar-refractivity contribution in [3.05, 3.63) is 34.4 Å².